The zero-order valence-corrected chi connectivity index (χ0v) is 14.5. The Morgan fingerprint density at radius 2 is 2.00 bits per heavy atom. The number of aryl methyl sites for hydroxylation is 2. The molecule has 2 aliphatic rings. The van der Waals surface area contributed by atoms with E-state index < -0.39 is 0 Å². The molecule has 6 nitrogen and oxygen atoms in total. The minimum Gasteiger partial charge on any atom is -0.342 e. The van der Waals surface area contributed by atoms with Gasteiger partial charge in [0.05, 0.1) is 6.42 Å². The number of amides is 1. The lowest BCUT2D eigenvalue weighted by atomic mass is 9.75. The lowest BCUT2D eigenvalue weighted by Gasteiger charge is -2.41. The predicted molar refractivity (Wildman–Crippen MR) is 90.6 cm³/mol. The van der Waals surface area contributed by atoms with Gasteiger partial charge in [-0.1, -0.05) is 19.3 Å². The van der Waals surface area contributed by atoms with Crippen LogP contribution < -0.4 is 0 Å². The summed E-state index contributed by atoms with van der Waals surface area (Å²) in [4.78, 5) is 23.6. The predicted octanol–water partition coefficient (Wildman–Crippen LogP) is 2.32. The van der Waals surface area contributed by atoms with Crippen LogP contribution in [0.1, 0.15) is 49.1 Å². The zero-order chi connectivity index (χ0) is 16.7. The molecule has 2 aromatic heterocycles. The Labute approximate surface area is 142 Å². The normalized spacial score (nSPS) is 24.2. The standard InChI is InChI=1S/C18H25N5O/c1-12-16(13(2)23-18(21-12)19-11-20-23)9-17(24)22-8-7-14-5-3-4-6-15(14)10-22/h11,14-15H,3-10H2,1-2H3/t14-,15+/m0/s1. The first-order valence-electron chi connectivity index (χ1n) is 9.07. The van der Waals surface area contributed by atoms with Crippen LogP contribution in [0.2, 0.25) is 0 Å². The number of hydrogen-bond acceptors (Lipinski definition) is 4. The second kappa shape index (κ2) is 6.15. The fraction of sp³-hybridized carbons (Fsp3) is 0.667. The Hall–Kier alpha value is -1.98. The Morgan fingerprint density at radius 1 is 1.21 bits per heavy atom. The van der Waals surface area contributed by atoms with Crippen LogP contribution in [0.5, 0.6) is 0 Å². The molecule has 1 saturated heterocycles. The first-order valence-corrected chi connectivity index (χ1v) is 9.07. The molecule has 24 heavy (non-hydrogen) atoms. The summed E-state index contributed by atoms with van der Waals surface area (Å²) in [6.45, 7) is 5.81. The average molecular weight is 327 g/mol. The number of hydrogen-bond donors (Lipinski definition) is 0. The molecule has 1 amide bonds. The molecule has 1 aliphatic carbocycles. The molecule has 4 rings (SSSR count). The van der Waals surface area contributed by atoms with Crippen molar-refractivity contribution in [1.82, 2.24) is 24.5 Å². The molecule has 6 heteroatoms. The van der Waals surface area contributed by atoms with Crippen molar-refractivity contribution in [1.29, 1.82) is 0 Å². The van der Waals surface area contributed by atoms with E-state index in [4.69, 9.17) is 0 Å². The van der Waals surface area contributed by atoms with Crippen LogP contribution in [0.15, 0.2) is 6.33 Å². The maximum Gasteiger partial charge on any atom is 0.252 e. The largest absolute Gasteiger partial charge is 0.342 e. The molecule has 2 fully saturated rings. The molecule has 2 atom stereocenters. The highest BCUT2D eigenvalue weighted by Crippen LogP contribution is 2.36. The van der Waals surface area contributed by atoms with Crippen molar-refractivity contribution in [3.63, 3.8) is 0 Å². The van der Waals surface area contributed by atoms with Gasteiger partial charge in [-0.25, -0.2) is 9.50 Å². The fourth-order valence-corrected chi connectivity index (χ4v) is 4.50. The van der Waals surface area contributed by atoms with Gasteiger partial charge in [0, 0.05) is 30.0 Å². The van der Waals surface area contributed by atoms with Gasteiger partial charge < -0.3 is 4.90 Å². The number of aromatic nitrogens is 4. The number of rotatable bonds is 2. The molecule has 1 saturated carbocycles. The summed E-state index contributed by atoms with van der Waals surface area (Å²) in [7, 11) is 0. The maximum atomic E-state index is 12.9. The third-order valence-electron chi connectivity index (χ3n) is 5.96. The van der Waals surface area contributed by atoms with Crippen LogP contribution in [-0.4, -0.2) is 43.5 Å². The Bertz CT molecular complexity index is 768. The maximum absolute atomic E-state index is 12.9. The van der Waals surface area contributed by atoms with Gasteiger partial charge in [0.15, 0.2) is 0 Å². The highest BCUT2D eigenvalue weighted by molar-refractivity contribution is 5.79. The monoisotopic (exact) mass is 327 g/mol. The molecule has 0 radical (unpaired) electrons. The van der Waals surface area contributed by atoms with Gasteiger partial charge in [0.25, 0.3) is 5.78 Å². The smallest absolute Gasteiger partial charge is 0.252 e. The van der Waals surface area contributed by atoms with Crippen molar-refractivity contribution in [3.8, 4) is 0 Å². The third-order valence-corrected chi connectivity index (χ3v) is 5.96. The molecule has 0 unspecified atom stereocenters. The highest BCUT2D eigenvalue weighted by atomic mass is 16.2. The van der Waals surface area contributed by atoms with Crippen molar-refractivity contribution in [2.24, 2.45) is 11.8 Å². The number of carbonyl (C=O) groups excluding carboxylic acids is 1. The van der Waals surface area contributed by atoms with Gasteiger partial charge in [0.1, 0.15) is 6.33 Å². The Balaban J connectivity index is 1.52. The van der Waals surface area contributed by atoms with Gasteiger partial charge >= 0.3 is 0 Å². The Kier molecular flexibility index (Phi) is 3.98. The summed E-state index contributed by atoms with van der Waals surface area (Å²) in [5.41, 5.74) is 2.84. The van der Waals surface area contributed by atoms with Crippen molar-refractivity contribution >= 4 is 11.7 Å². The third kappa shape index (κ3) is 2.68. The number of nitrogens with zero attached hydrogens (tertiary/aromatic N) is 5. The van der Waals surface area contributed by atoms with Crippen LogP contribution in [0, 0.1) is 25.7 Å². The van der Waals surface area contributed by atoms with Crippen molar-refractivity contribution in [2.45, 2.75) is 52.4 Å². The SMILES string of the molecule is Cc1nc2ncnn2c(C)c1CC(=O)N1CC[C@@H]2CCCC[C@@H]2C1. The highest BCUT2D eigenvalue weighted by Gasteiger charge is 2.33. The van der Waals surface area contributed by atoms with Gasteiger partial charge in [-0.05, 0) is 38.5 Å². The first kappa shape index (κ1) is 15.5. The summed E-state index contributed by atoms with van der Waals surface area (Å²) in [6, 6.07) is 0. The topological polar surface area (TPSA) is 63.4 Å². The van der Waals surface area contributed by atoms with E-state index in [0.717, 1.165) is 41.9 Å². The minimum atomic E-state index is 0.228. The quantitative estimate of drug-likeness (QED) is 0.849. The van der Waals surface area contributed by atoms with Crippen molar-refractivity contribution < 1.29 is 4.79 Å². The zero-order valence-electron chi connectivity index (χ0n) is 14.5. The molecular formula is C18H25N5O. The van der Waals surface area contributed by atoms with E-state index in [1.807, 2.05) is 13.8 Å². The number of carbonyl (C=O) groups is 1. The molecule has 1 aliphatic heterocycles. The summed E-state index contributed by atoms with van der Waals surface area (Å²) in [6.07, 6.45) is 8.45. The molecule has 3 heterocycles. The minimum absolute atomic E-state index is 0.228. The molecule has 0 N–H and O–H groups in total. The average Bonchev–Trinajstić information content (AvgIpc) is 3.06. The van der Waals surface area contributed by atoms with Crippen LogP contribution in [0.4, 0.5) is 0 Å². The second-order valence-corrected chi connectivity index (χ2v) is 7.34. The van der Waals surface area contributed by atoms with Crippen LogP contribution in [0.3, 0.4) is 0 Å². The van der Waals surface area contributed by atoms with Crippen molar-refractivity contribution in [3.05, 3.63) is 23.3 Å². The fourth-order valence-electron chi connectivity index (χ4n) is 4.50. The molecule has 0 bridgehead atoms. The van der Waals surface area contributed by atoms with Gasteiger partial charge in [-0.3, -0.25) is 4.79 Å². The first-order chi connectivity index (χ1) is 11.6. The second-order valence-electron chi connectivity index (χ2n) is 7.34. The van der Waals surface area contributed by atoms with E-state index in [1.165, 1.54) is 38.4 Å². The van der Waals surface area contributed by atoms with Gasteiger partial charge in [-0.2, -0.15) is 10.1 Å². The molecule has 2 aromatic rings. The lowest BCUT2D eigenvalue weighted by molar-refractivity contribution is -0.133. The summed E-state index contributed by atoms with van der Waals surface area (Å²) >= 11 is 0. The van der Waals surface area contributed by atoms with Gasteiger partial charge in [-0.15, -0.1) is 0 Å². The van der Waals surface area contributed by atoms with E-state index in [-0.39, 0.29) is 5.91 Å². The van der Waals surface area contributed by atoms with Crippen LogP contribution in [-0.2, 0) is 11.2 Å². The van der Waals surface area contributed by atoms with Gasteiger partial charge in [0.2, 0.25) is 5.91 Å². The van der Waals surface area contributed by atoms with Crippen LogP contribution in [0.25, 0.3) is 5.78 Å². The molecule has 0 spiro atoms. The summed E-state index contributed by atoms with van der Waals surface area (Å²) < 4.78 is 1.73. The number of fused-ring (bicyclic) bond motifs is 2. The van der Waals surface area contributed by atoms with E-state index in [0.29, 0.717) is 12.2 Å². The Morgan fingerprint density at radius 3 is 2.83 bits per heavy atom. The molecular weight excluding hydrogens is 302 g/mol. The van der Waals surface area contributed by atoms with Crippen molar-refractivity contribution in [2.75, 3.05) is 13.1 Å². The number of likely N-dealkylation sites (tertiary alicyclic amines) is 1. The molecule has 128 valence electrons. The summed E-state index contributed by atoms with van der Waals surface area (Å²) in [5, 5.41) is 4.21. The van der Waals surface area contributed by atoms with Crippen LogP contribution >= 0.6 is 0 Å². The number of piperidine rings is 1. The molecule has 0 aromatic carbocycles. The van der Waals surface area contributed by atoms with E-state index in [9.17, 15) is 4.79 Å². The summed E-state index contributed by atoms with van der Waals surface area (Å²) in [5.74, 6) is 2.39. The lowest BCUT2D eigenvalue weighted by Crippen LogP contribution is -2.45. The van der Waals surface area contributed by atoms with E-state index in [2.05, 4.69) is 20.0 Å². The van der Waals surface area contributed by atoms with E-state index >= 15 is 0 Å². The van der Waals surface area contributed by atoms with E-state index in [1.54, 1.807) is 4.52 Å².